The summed E-state index contributed by atoms with van der Waals surface area (Å²) in [5.74, 6) is 1.15. The number of nitrogens with zero attached hydrogens (tertiary/aromatic N) is 1. The Labute approximate surface area is 126 Å². The Morgan fingerprint density at radius 3 is 2.35 bits per heavy atom. The Morgan fingerprint density at radius 1 is 1.20 bits per heavy atom. The number of alkyl halides is 1. The van der Waals surface area contributed by atoms with Crippen LogP contribution < -0.4 is 0 Å². The molecule has 1 aromatic rings. The molecule has 2 aliphatic rings. The van der Waals surface area contributed by atoms with Gasteiger partial charge in [0.05, 0.1) is 0 Å². The summed E-state index contributed by atoms with van der Waals surface area (Å²) < 4.78 is 0. The van der Waals surface area contributed by atoms with E-state index in [-0.39, 0.29) is 5.92 Å². The van der Waals surface area contributed by atoms with E-state index in [1.54, 1.807) is 0 Å². The molecule has 20 heavy (non-hydrogen) atoms. The summed E-state index contributed by atoms with van der Waals surface area (Å²) in [6.07, 6.45) is 6.35. The predicted octanol–water partition coefficient (Wildman–Crippen LogP) is 3.41. The van der Waals surface area contributed by atoms with Crippen molar-refractivity contribution < 1.29 is 4.79 Å². The number of benzene rings is 1. The van der Waals surface area contributed by atoms with Gasteiger partial charge in [0.25, 0.3) is 0 Å². The maximum absolute atomic E-state index is 12.8. The van der Waals surface area contributed by atoms with Crippen molar-refractivity contribution in [2.75, 3.05) is 12.4 Å². The fraction of sp³-hybridized carbons (Fsp3) is 0.588. The minimum Gasteiger partial charge on any atom is -0.339 e. The van der Waals surface area contributed by atoms with Crippen molar-refractivity contribution in [2.24, 2.45) is 5.92 Å². The van der Waals surface area contributed by atoms with Crippen LogP contribution in [0, 0.1) is 5.92 Å². The van der Waals surface area contributed by atoms with Crippen molar-refractivity contribution in [3.8, 4) is 0 Å². The number of amides is 1. The van der Waals surface area contributed by atoms with Gasteiger partial charge in [0.2, 0.25) is 5.91 Å². The number of carbonyl (C=O) groups excluding carboxylic acids is 1. The lowest BCUT2D eigenvalue weighted by Gasteiger charge is -2.39. The third-order valence-electron chi connectivity index (χ3n) is 4.73. The predicted molar refractivity (Wildman–Crippen MR) is 82.0 cm³/mol. The van der Waals surface area contributed by atoms with E-state index >= 15 is 0 Å². The summed E-state index contributed by atoms with van der Waals surface area (Å²) in [7, 11) is 0. The molecule has 1 saturated carbocycles. The second-order valence-electron chi connectivity index (χ2n) is 6.03. The van der Waals surface area contributed by atoms with Crippen LogP contribution in [0.3, 0.4) is 0 Å². The van der Waals surface area contributed by atoms with E-state index in [1.807, 2.05) is 0 Å². The Hall–Kier alpha value is -1.02. The molecule has 2 nitrogen and oxygen atoms in total. The Bertz CT molecular complexity index is 459. The van der Waals surface area contributed by atoms with Crippen LogP contribution in [-0.2, 0) is 17.6 Å². The van der Waals surface area contributed by atoms with Crippen LogP contribution in [0.5, 0.6) is 0 Å². The van der Waals surface area contributed by atoms with Gasteiger partial charge in [-0.05, 0) is 49.7 Å². The van der Waals surface area contributed by atoms with Gasteiger partial charge in [-0.3, -0.25) is 4.79 Å². The fourth-order valence-electron chi connectivity index (χ4n) is 3.37. The Morgan fingerprint density at radius 2 is 1.85 bits per heavy atom. The van der Waals surface area contributed by atoms with Crippen LogP contribution in [0.1, 0.15) is 36.8 Å². The summed E-state index contributed by atoms with van der Waals surface area (Å²) in [5, 5.41) is 0. The molecule has 2 aliphatic carbocycles. The molecule has 3 heteroatoms. The normalized spacial score (nSPS) is 18.6. The highest BCUT2D eigenvalue weighted by atomic mass is 35.5. The lowest BCUT2D eigenvalue weighted by Crippen LogP contribution is -2.47. The third kappa shape index (κ3) is 2.71. The van der Waals surface area contributed by atoms with Crippen LogP contribution in [0.4, 0.5) is 0 Å². The van der Waals surface area contributed by atoms with E-state index in [1.165, 1.54) is 30.4 Å². The standard InChI is InChI=1S/C17H22ClNO/c18-9-4-10-19(16-7-3-8-16)17(20)15-11-13-5-1-2-6-14(13)12-15/h1-2,5-6,15-16H,3-4,7-12H2. The van der Waals surface area contributed by atoms with Crippen molar-refractivity contribution in [1.29, 1.82) is 0 Å². The molecule has 1 amide bonds. The minimum atomic E-state index is 0.156. The molecule has 0 radical (unpaired) electrons. The van der Waals surface area contributed by atoms with Crippen LogP contribution in [-0.4, -0.2) is 29.3 Å². The molecule has 0 heterocycles. The van der Waals surface area contributed by atoms with Gasteiger partial charge in [0, 0.05) is 24.4 Å². The minimum absolute atomic E-state index is 0.156. The highest BCUT2D eigenvalue weighted by Crippen LogP contribution is 2.31. The number of carbonyl (C=O) groups is 1. The van der Waals surface area contributed by atoms with Crippen molar-refractivity contribution in [3.63, 3.8) is 0 Å². The number of fused-ring (bicyclic) bond motifs is 1. The van der Waals surface area contributed by atoms with E-state index in [0.29, 0.717) is 17.8 Å². The Balaban J connectivity index is 1.68. The van der Waals surface area contributed by atoms with Gasteiger partial charge in [-0.25, -0.2) is 0 Å². The topological polar surface area (TPSA) is 20.3 Å². The van der Waals surface area contributed by atoms with Gasteiger partial charge in [-0.2, -0.15) is 0 Å². The molecule has 0 N–H and O–H groups in total. The zero-order valence-corrected chi connectivity index (χ0v) is 12.6. The number of halogens is 1. The molecule has 0 spiro atoms. The number of hydrogen-bond donors (Lipinski definition) is 0. The highest BCUT2D eigenvalue weighted by molar-refractivity contribution is 6.17. The maximum Gasteiger partial charge on any atom is 0.226 e. The summed E-state index contributed by atoms with van der Waals surface area (Å²) in [6.45, 7) is 0.833. The first-order valence-electron chi connectivity index (χ1n) is 7.73. The molecule has 0 bridgehead atoms. The maximum atomic E-state index is 12.8. The zero-order chi connectivity index (χ0) is 13.9. The van der Waals surface area contributed by atoms with E-state index < -0.39 is 0 Å². The fourth-order valence-corrected chi connectivity index (χ4v) is 3.49. The molecular weight excluding hydrogens is 270 g/mol. The second-order valence-corrected chi connectivity index (χ2v) is 6.41. The lowest BCUT2D eigenvalue weighted by molar-refractivity contribution is -0.139. The first-order chi connectivity index (χ1) is 9.79. The molecule has 3 rings (SSSR count). The van der Waals surface area contributed by atoms with Crippen LogP contribution in [0.25, 0.3) is 0 Å². The summed E-state index contributed by atoms with van der Waals surface area (Å²) >= 11 is 5.81. The van der Waals surface area contributed by atoms with Crippen molar-refractivity contribution >= 4 is 17.5 Å². The summed E-state index contributed by atoms with van der Waals surface area (Å²) in [5.41, 5.74) is 2.72. The van der Waals surface area contributed by atoms with E-state index in [2.05, 4.69) is 29.2 Å². The molecule has 0 atom stereocenters. The van der Waals surface area contributed by atoms with E-state index in [4.69, 9.17) is 11.6 Å². The van der Waals surface area contributed by atoms with Crippen molar-refractivity contribution in [1.82, 2.24) is 4.90 Å². The molecule has 108 valence electrons. The first-order valence-corrected chi connectivity index (χ1v) is 8.26. The van der Waals surface area contributed by atoms with Crippen molar-refractivity contribution in [3.05, 3.63) is 35.4 Å². The Kier molecular flexibility index (Phi) is 4.30. The highest BCUT2D eigenvalue weighted by Gasteiger charge is 2.35. The van der Waals surface area contributed by atoms with Crippen LogP contribution in [0.2, 0.25) is 0 Å². The average molecular weight is 292 g/mol. The van der Waals surface area contributed by atoms with Gasteiger partial charge in [-0.15, -0.1) is 11.6 Å². The molecule has 1 aromatic carbocycles. The van der Waals surface area contributed by atoms with E-state index in [9.17, 15) is 4.79 Å². The third-order valence-corrected chi connectivity index (χ3v) is 5.00. The van der Waals surface area contributed by atoms with Gasteiger partial charge in [0.1, 0.15) is 0 Å². The van der Waals surface area contributed by atoms with Crippen LogP contribution >= 0.6 is 11.6 Å². The smallest absolute Gasteiger partial charge is 0.226 e. The second kappa shape index (κ2) is 6.17. The monoisotopic (exact) mass is 291 g/mol. The molecule has 0 saturated heterocycles. The number of rotatable bonds is 5. The summed E-state index contributed by atoms with van der Waals surface area (Å²) in [6, 6.07) is 8.95. The average Bonchev–Trinajstić information content (AvgIpc) is 2.84. The zero-order valence-electron chi connectivity index (χ0n) is 11.9. The quantitative estimate of drug-likeness (QED) is 0.761. The van der Waals surface area contributed by atoms with Gasteiger partial charge in [0.15, 0.2) is 0 Å². The van der Waals surface area contributed by atoms with Crippen molar-refractivity contribution in [2.45, 2.75) is 44.6 Å². The largest absolute Gasteiger partial charge is 0.339 e. The first kappa shape index (κ1) is 13.9. The van der Waals surface area contributed by atoms with Gasteiger partial charge >= 0.3 is 0 Å². The molecule has 0 unspecified atom stereocenters. The molecular formula is C17H22ClNO. The molecule has 1 fully saturated rings. The molecule has 0 aliphatic heterocycles. The van der Waals surface area contributed by atoms with Crippen LogP contribution in [0.15, 0.2) is 24.3 Å². The number of hydrogen-bond acceptors (Lipinski definition) is 1. The summed E-state index contributed by atoms with van der Waals surface area (Å²) in [4.78, 5) is 15.0. The van der Waals surface area contributed by atoms with Gasteiger partial charge < -0.3 is 4.90 Å². The SMILES string of the molecule is O=C(C1Cc2ccccc2C1)N(CCCCl)C1CCC1. The van der Waals surface area contributed by atoms with E-state index in [0.717, 1.165) is 25.8 Å². The van der Waals surface area contributed by atoms with Gasteiger partial charge in [-0.1, -0.05) is 24.3 Å². The molecule has 0 aromatic heterocycles. The lowest BCUT2D eigenvalue weighted by atomic mass is 9.90.